The molecule has 0 radical (unpaired) electrons. The Morgan fingerprint density at radius 2 is 1.47 bits per heavy atom. The lowest BCUT2D eigenvalue weighted by Gasteiger charge is -1.99. The minimum absolute atomic E-state index is 0.0541. The molecule has 1 spiro atoms. The molecule has 4 nitrogen and oxygen atoms in total. The molecule has 1 heterocycles. The SMILES string of the molecule is O=C1OC/C=C\COC(=O)C2CC23CC13. The molecule has 3 aliphatic rings. The molecular formula is C11H12O4. The van der Waals surface area contributed by atoms with Crippen LogP contribution >= 0.6 is 0 Å². The van der Waals surface area contributed by atoms with Gasteiger partial charge >= 0.3 is 11.9 Å². The van der Waals surface area contributed by atoms with E-state index in [0.717, 1.165) is 12.8 Å². The summed E-state index contributed by atoms with van der Waals surface area (Å²) >= 11 is 0. The van der Waals surface area contributed by atoms with E-state index in [1.54, 1.807) is 12.2 Å². The molecule has 15 heavy (non-hydrogen) atoms. The second-order valence-corrected chi connectivity index (χ2v) is 4.48. The highest BCUT2D eigenvalue weighted by molar-refractivity contribution is 5.85. The van der Waals surface area contributed by atoms with Crippen LogP contribution in [-0.4, -0.2) is 25.2 Å². The van der Waals surface area contributed by atoms with Gasteiger partial charge in [-0.2, -0.15) is 0 Å². The Bertz CT molecular complexity index is 324. The highest BCUT2D eigenvalue weighted by Crippen LogP contribution is 2.75. The van der Waals surface area contributed by atoms with E-state index in [1.165, 1.54) is 0 Å². The second-order valence-electron chi connectivity index (χ2n) is 4.48. The Balaban J connectivity index is 1.76. The Labute approximate surface area is 87.2 Å². The van der Waals surface area contributed by atoms with E-state index in [-0.39, 0.29) is 42.4 Å². The number of hydrogen-bond donors (Lipinski definition) is 0. The molecule has 2 atom stereocenters. The molecule has 2 aliphatic carbocycles. The van der Waals surface area contributed by atoms with Crippen molar-refractivity contribution in [1.29, 1.82) is 0 Å². The topological polar surface area (TPSA) is 52.6 Å². The van der Waals surface area contributed by atoms with Crippen LogP contribution in [0.15, 0.2) is 12.2 Å². The van der Waals surface area contributed by atoms with Gasteiger partial charge in [-0.25, -0.2) is 0 Å². The zero-order chi connectivity index (χ0) is 10.5. The molecule has 1 aliphatic heterocycles. The van der Waals surface area contributed by atoms with Crippen LogP contribution < -0.4 is 0 Å². The highest BCUT2D eigenvalue weighted by atomic mass is 16.5. The molecule has 0 N–H and O–H groups in total. The zero-order valence-electron chi connectivity index (χ0n) is 8.27. The summed E-state index contributed by atoms with van der Waals surface area (Å²) in [5.74, 6) is -0.420. The predicted molar refractivity (Wildman–Crippen MR) is 49.7 cm³/mol. The van der Waals surface area contributed by atoms with Crippen molar-refractivity contribution in [2.24, 2.45) is 17.3 Å². The van der Waals surface area contributed by atoms with Gasteiger partial charge in [0.1, 0.15) is 13.2 Å². The third-order valence-electron chi connectivity index (χ3n) is 3.62. The quantitative estimate of drug-likeness (QED) is 0.433. The van der Waals surface area contributed by atoms with E-state index in [4.69, 9.17) is 9.47 Å². The standard InChI is InChI=1S/C11H12O4/c12-9-7-5-11(7)6-8(11)10(13)15-4-2-1-3-14-9/h1-2,7-8H,3-6H2/b2-1-. The number of hydrogen-bond acceptors (Lipinski definition) is 4. The van der Waals surface area contributed by atoms with Gasteiger partial charge in [-0.15, -0.1) is 0 Å². The fourth-order valence-corrected chi connectivity index (χ4v) is 2.49. The second kappa shape index (κ2) is 2.84. The fourth-order valence-electron chi connectivity index (χ4n) is 2.49. The van der Waals surface area contributed by atoms with Crippen LogP contribution in [0.1, 0.15) is 12.8 Å². The van der Waals surface area contributed by atoms with Crippen molar-refractivity contribution in [1.82, 2.24) is 0 Å². The number of rotatable bonds is 0. The van der Waals surface area contributed by atoms with Gasteiger partial charge in [0.05, 0.1) is 11.8 Å². The lowest BCUT2D eigenvalue weighted by atomic mass is 10.2. The fraction of sp³-hybridized carbons (Fsp3) is 0.636. The van der Waals surface area contributed by atoms with Gasteiger partial charge in [-0.05, 0) is 30.4 Å². The van der Waals surface area contributed by atoms with Gasteiger partial charge in [0, 0.05) is 0 Å². The highest BCUT2D eigenvalue weighted by Gasteiger charge is 2.76. The summed E-state index contributed by atoms with van der Waals surface area (Å²) < 4.78 is 10.1. The van der Waals surface area contributed by atoms with E-state index in [2.05, 4.69) is 0 Å². The summed E-state index contributed by atoms with van der Waals surface area (Å²) in [5.41, 5.74) is -0.0709. The summed E-state index contributed by atoms with van der Waals surface area (Å²) in [5, 5.41) is 0. The maximum Gasteiger partial charge on any atom is 0.309 e. The minimum Gasteiger partial charge on any atom is -0.461 e. The summed E-state index contributed by atoms with van der Waals surface area (Å²) in [6.07, 6.45) is 5.01. The monoisotopic (exact) mass is 208 g/mol. The lowest BCUT2D eigenvalue weighted by Crippen LogP contribution is -2.11. The molecule has 0 aromatic heterocycles. The molecule has 2 unspecified atom stereocenters. The van der Waals surface area contributed by atoms with Crippen molar-refractivity contribution >= 4 is 11.9 Å². The molecule has 0 amide bonds. The van der Waals surface area contributed by atoms with Gasteiger partial charge < -0.3 is 9.47 Å². The third-order valence-corrected chi connectivity index (χ3v) is 3.62. The van der Waals surface area contributed by atoms with Gasteiger partial charge in [-0.1, -0.05) is 0 Å². The van der Waals surface area contributed by atoms with Gasteiger partial charge in [0.15, 0.2) is 0 Å². The minimum atomic E-state index is -0.156. The van der Waals surface area contributed by atoms with E-state index in [1.807, 2.05) is 0 Å². The van der Waals surface area contributed by atoms with E-state index < -0.39 is 0 Å². The zero-order valence-corrected chi connectivity index (χ0v) is 8.27. The Kier molecular flexibility index (Phi) is 1.69. The van der Waals surface area contributed by atoms with E-state index in [0.29, 0.717) is 0 Å². The van der Waals surface area contributed by atoms with Gasteiger partial charge in [-0.3, -0.25) is 9.59 Å². The van der Waals surface area contributed by atoms with Crippen molar-refractivity contribution in [2.45, 2.75) is 12.8 Å². The summed E-state index contributed by atoms with van der Waals surface area (Å²) in [6.45, 7) is 0.571. The maximum atomic E-state index is 11.5. The molecule has 0 bridgehead atoms. The lowest BCUT2D eigenvalue weighted by molar-refractivity contribution is -0.145. The summed E-state index contributed by atoms with van der Waals surface area (Å²) in [7, 11) is 0. The molecule has 0 saturated heterocycles. The molecule has 2 saturated carbocycles. The molecule has 80 valence electrons. The normalized spacial score (nSPS) is 45.1. The Morgan fingerprint density at radius 3 is 1.93 bits per heavy atom. The molecule has 0 aromatic rings. The van der Waals surface area contributed by atoms with E-state index >= 15 is 0 Å². The van der Waals surface area contributed by atoms with Crippen LogP contribution in [0.4, 0.5) is 0 Å². The van der Waals surface area contributed by atoms with Crippen molar-refractivity contribution in [3.63, 3.8) is 0 Å². The van der Waals surface area contributed by atoms with Crippen LogP contribution in [0, 0.1) is 17.3 Å². The summed E-state index contributed by atoms with van der Waals surface area (Å²) in [4.78, 5) is 23.0. The molecule has 2 fully saturated rings. The van der Waals surface area contributed by atoms with Crippen LogP contribution in [0.25, 0.3) is 0 Å². The summed E-state index contributed by atoms with van der Waals surface area (Å²) in [6, 6.07) is 0. The molecule has 0 aromatic carbocycles. The first-order valence-electron chi connectivity index (χ1n) is 5.22. The van der Waals surface area contributed by atoms with Crippen molar-refractivity contribution < 1.29 is 19.1 Å². The molecular weight excluding hydrogens is 196 g/mol. The van der Waals surface area contributed by atoms with E-state index in [9.17, 15) is 9.59 Å². The molecule has 4 heteroatoms. The van der Waals surface area contributed by atoms with Gasteiger partial charge in [0.25, 0.3) is 0 Å². The number of carbonyl (C=O) groups is 2. The number of ether oxygens (including phenoxy) is 2. The van der Waals surface area contributed by atoms with Crippen LogP contribution in [0.5, 0.6) is 0 Å². The Hall–Kier alpha value is -1.32. The number of esters is 2. The van der Waals surface area contributed by atoms with Crippen LogP contribution in [0.2, 0.25) is 0 Å². The maximum absolute atomic E-state index is 11.5. The van der Waals surface area contributed by atoms with Crippen molar-refractivity contribution in [3.8, 4) is 0 Å². The first-order chi connectivity index (χ1) is 7.24. The Morgan fingerprint density at radius 1 is 1.00 bits per heavy atom. The number of cyclic esters (lactones) is 2. The molecule has 3 rings (SSSR count). The largest absolute Gasteiger partial charge is 0.461 e. The van der Waals surface area contributed by atoms with Crippen molar-refractivity contribution in [3.05, 3.63) is 12.2 Å². The average Bonchev–Trinajstić information content (AvgIpc) is 3.09. The first kappa shape index (κ1) is 8.95. The average molecular weight is 208 g/mol. The smallest absolute Gasteiger partial charge is 0.309 e. The van der Waals surface area contributed by atoms with Gasteiger partial charge in [0.2, 0.25) is 0 Å². The predicted octanol–water partition coefficient (Wildman–Crippen LogP) is 0.669. The van der Waals surface area contributed by atoms with Crippen LogP contribution in [-0.2, 0) is 19.1 Å². The van der Waals surface area contributed by atoms with Crippen LogP contribution in [0.3, 0.4) is 0 Å². The first-order valence-corrected chi connectivity index (χ1v) is 5.22. The number of carbonyl (C=O) groups excluding carboxylic acids is 2. The van der Waals surface area contributed by atoms with Crippen molar-refractivity contribution in [2.75, 3.05) is 13.2 Å². The third kappa shape index (κ3) is 1.28.